The van der Waals surface area contributed by atoms with Crippen molar-refractivity contribution in [2.45, 2.75) is 13.3 Å². The number of hydrogen-bond acceptors (Lipinski definition) is 1. The third kappa shape index (κ3) is 1.86. The van der Waals surface area contributed by atoms with E-state index in [-0.39, 0.29) is 0 Å². The molecule has 3 nitrogen and oxygen atoms in total. The van der Waals surface area contributed by atoms with E-state index in [0.717, 1.165) is 16.1 Å². The highest BCUT2D eigenvalue weighted by Crippen LogP contribution is 2.16. The summed E-state index contributed by atoms with van der Waals surface area (Å²) in [6.07, 6.45) is 8.48. The van der Waals surface area contributed by atoms with Crippen molar-refractivity contribution in [3.8, 4) is 0 Å². The van der Waals surface area contributed by atoms with Gasteiger partial charge in [0.1, 0.15) is 0 Å². The molecule has 0 bridgehead atoms. The Labute approximate surface area is 87.4 Å². The highest BCUT2D eigenvalue weighted by atomic mass is 16.4. The summed E-state index contributed by atoms with van der Waals surface area (Å²) >= 11 is 0. The molecule has 1 atom stereocenters. The van der Waals surface area contributed by atoms with Crippen molar-refractivity contribution < 1.29 is 9.90 Å². The lowest BCUT2D eigenvalue weighted by Gasteiger charge is -2.07. The molecule has 3 heteroatoms. The molecule has 0 aromatic carbocycles. The average Bonchev–Trinajstić information content (AvgIpc) is 2.57. The van der Waals surface area contributed by atoms with Gasteiger partial charge in [0, 0.05) is 11.5 Å². The number of carboxylic acid groups (broad SMARTS) is 1. The second kappa shape index (κ2) is 3.77. The number of aromatic amines is 1. The van der Waals surface area contributed by atoms with Gasteiger partial charge in [-0.05, 0) is 24.6 Å². The first-order valence-electron chi connectivity index (χ1n) is 4.95. The minimum Gasteiger partial charge on any atom is -0.481 e. The first kappa shape index (κ1) is 9.77. The molecular formula is C12H13NO2. The predicted molar refractivity (Wildman–Crippen MR) is 58.5 cm³/mol. The molecule has 0 spiro atoms. The van der Waals surface area contributed by atoms with Gasteiger partial charge < -0.3 is 10.1 Å². The largest absolute Gasteiger partial charge is 0.481 e. The van der Waals surface area contributed by atoms with E-state index in [1.807, 2.05) is 30.5 Å². The molecule has 0 fully saturated rings. The van der Waals surface area contributed by atoms with Crippen molar-refractivity contribution in [2.75, 3.05) is 0 Å². The van der Waals surface area contributed by atoms with Gasteiger partial charge in [0.15, 0.2) is 0 Å². The lowest BCUT2D eigenvalue weighted by atomic mass is 9.98. The van der Waals surface area contributed by atoms with Crippen LogP contribution in [-0.4, -0.2) is 16.1 Å². The van der Waals surface area contributed by atoms with Crippen LogP contribution in [0.2, 0.25) is 0 Å². The molecule has 0 aliphatic heterocycles. The van der Waals surface area contributed by atoms with Crippen molar-refractivity contribution in [3.63, 3.8) is 0 Å². The number of allylic oxidation sites excluding steroid dienone is 1. The minimum absolute atomic E-state index is 0.415. The zero-order valence-electron chi connectivity index (χ0n) is 8.53. The number of nitrogens with one attached hydrogen (secondary N) is 1. The van der Waals surface area contributed by atoms with E-state index in [1.165, 1.54) is 0 Å². The van der Waals surface area contributed by atoms with Crippen molar-refractivity contribution >= 4 is 18.1 Å². The summed E-state index contributed by atoms with van der Waals surface area (Å²) in [5.41, 5.74) is 0.937. The summed E-state index contributed by atoms with van der Waals surface area (Å²) in [5.74, 6) is -1.19. The Bertz CT molecular complexity index is 522. The summed E-state index contributed by atoms with van der Waals surface area (Å²) < 4.78 is 0. The second-order valence-electron chi connectivity index (χ2n) is 3.72. The molecule has 2 N–H and O–H groups in total. The SMILES string of the molecule is CC(C(=O)O)C1=CC=c2cc[nH]c2=CC1. The first-order chi connectivity index (χ1) is 7.18. The molecule has 15 heavy (non-hydrogen) atoms. The summed E-state index contributed by atoms with van der Waals surface area (Å²) in [6.45, 7) is 1.72. The van der Waals surface area contributed by atoms with Crippen molar-refractivity contribution in [3.05, 3.63) is 34.5 Å². The number of H-pyrrole nitrogens is 1. The van der Waals surface area contributed by atoms with E-state index in [2.05, 4.69) is 4.98 Å². The maximum absolute atomic E-state index is 10.8. The topological polar surface area (TPSA) is 53.1 Å². The number of aromatic nitrogens is 1. The summed E-state index contributed by atoms with van der Waals surface area (Å²) in [5, 5.41) is 11.1. The number of aliphatic carboxylic acids is 1. The Morgan fingerprint density at radius 3 is 3.07 bits per heavy atom. The number of carbonyl (C=O) groups is 1. The zero-order chi connectivity index (χ0) is 10.8. The lowest BCUT2D eigenvalue weighted by molar-refractivity contribution is -0.139. The highest BCUT2D eigenvalue weighted by molar-refractivity contribution is 5.74. The van der Waals surface area contributed by atoms with Crippen LogP contribution in [0.3, 0.4) is 0 Å². The second-order valence-corrected chi connectivity index (χ2v) is 3.72. The fraction of sp³-hybridized carbons (Fsp3) is 0.250. The molecule has 78 valence electrons. The van der Waals surface area contributed by atoms with Gasteiger partial charge >= 0.3 is 5.97 Å². The van der Waals surface area contributed by atoms with Crippen molar-refractivity contribution in [1.29, 1.82) is 0 Å². The molecule has 0 saturated carbocycles. The maximum atomic E-state index is 10.8. The van der Waals surface area contributed by atoms with Crippen LogP contribution in [-0.2, 0) is 4.79 Å². The molecule has 0 amide bonds. The molecule has 1 aromatic heterocycles. The van der Waals surface area contributed by atoms with Gasteiger partial charge in [-0.15, -0.1) is 0 Å². The molecule has 2 rings (SSSR count). The fourth-order valence-corrected chi connectivity index (χ4v) is 1.68. The summed E-state index contributed by atoms with van der Waals surface area (Å²) in [6, 6.07) is 1.98. The van der Waals surface area contributed by atoms with Crippen LogP contribution in [0, 0.1) is 5.92 Å². The van der Waals surface area contributed by atoms with Gasteiger partial charge in [-0.2, -0.15) is 0 Å². The van der Waals surface area contributed by atoms with Crippen molar-refractivity contribution in [1.82, 2.24) is 4.98 Å². The first-order valence-corrected chi connectivity index (χ1v) is 4.95. The third-order valence-corrected chi connectivity index (χ3v) is 2.76. The molecule has 0 radical (unpaired) electrons. The van der Waals surface area contributed by atoms with E-state index in [1.54, 1.807) is 6.92 Å². The number of carboxylic acids is 1. The molecule has 1 aliphatic carbocycles. The third-order valence-electron chi connectivity index (χ3n) is 2.76. The average molecular weight is 203 g/mol. The van der Waals surface area contributed by atoms with Crippen LogP contribution in [0.1, 0.15) is 13.3 Å². The van der Waals surface area contributed by atoms with Crippen LogP contribution in [0.25, 0.3) is 12.2 Å². The number of rotatable bonds is 2. The van der Waals surface area contributed by atoms with Crippen LogP contribution in [0.5, 0.6) is 0 Å². The van der Waals surface area contributed by atoms with E-state index in [4.69, 9.17) is 5.11 Å². The molecule has 1 heterocycles. The van der Waals surface area contributed by atoms with Crippen LogP contribution < -0.4 is 10.6 Å². The van der Waals surface area contributed by atoms with Gasteiger partial charge in [-0.25, -0.2) is 0 Å². The zero-order valence-corrected chi connectivity index (χ0v) is 8.53. The summed E-state index contributed by atoms with van der Waals surface area (Å²) in [4.78, 5) is 14.0. The van der Waals surface area contributed by atoms with E-state index in [0.29, 0.717) is 6.42 Å². The molecule has 0 saturated heterocycles. The predicted octanol–water partition coefficient (Wildman–Crippen LogP) is 0.626. The molecule has 1 unspecified atom stereocenters. The Morgan fingerprint density at radius 2 is 2.33 bits per heavy atom. The number of fused-ring (bicyclic) bond motifs is 1. The molecule has 1 aromatic rings. The monoisotopic (exact) mass is 203 g/mol. The van der Waals surface area contributed by atoms with E-state index in [9.17, 15) is 4.79 Å². The Balaban J connectivity index is 2.38. The maximum Gasteiger partial charge on any atom is 0.310 e. The smallest absolute Gasteiger partial charge is 0.310 e. The van der Waals surface area contributed by atoms with Gasteiger partial charge in [0.05, 0.1) is 5.92 Å². The van der Waals surface area contributed by atoms with Gasteiger partial charge in [0.2, 0.25) is 0 Å². The van der Waals surface area contributed by atoms with Gasteiger partial charge in [0.25, 0.3) is 0 Å². The normalized spacial score (nSPS) is 16.5. The molecule has 1 aliphatic rings. The number of hydrogen-bond donors (Lipinski definition) is 2. The Hall–Kier alpha value is -1.77. The quantitative estimate of drug-likeness (QED) is 0.740. The van der Waals surface area contributed by atoms with E-state index < -0.39 is 11.9 Å². The molecular weight excluding hydrogens is 190 g/mol. The fourth-order valence-electron chi connectivity index (χ4n) is 1.68. The highest BCUT2D eigenvalue weighted by Gasteiger charge is 2.15. The Morgan fingerprint density at radius 1 is 1.53 bits per heavy atom. The van der Waals surface area contributed by atoms with Crippen LogP contribution >= 0.6 is 0 Å². The van der Waals surface area contributed by atoms with Crippen LogP contribution in [0.4, 0.5) is 0 Å². The standard InChI is InChI=1S/C12H13NO2/c1-8(12(14)15)9-2-3-10-6-7-13-11(10)5-4-9/h2-3,5-8,13H,4H2,1H3,(H,14,15). The van der Waals surface area contributed by atoms with Crippen molar-refractivity contribution in [2.24, 2.45) is 5.92 Å². The summed E-state index contributed by atoms with van der Waals surface area (Å²) in [7, 11) is 0. The Kier molecular flexibility index (Phi) is 2.46. The van der Waals surface area contributed by atoms with Gasteiger partial charge in [-0.1, -0.05) is 23.8 Å². The minimum atomic E-state index is -0.770. The van der Waals surface area contributed by atoms with Gasteiger partial charge in [-0.3, -0.25) is 4.79 Å². The van der Waals surface area contributed by atoms with E-state index >= 15 is 0 Å². The lowest BCUT2D eigenvalue weighted by Crippen LogP contribution is -2.20. The van der Waals surface area contributed by atoms with Crippen LogP contribution in [0.15, 0.2) is 23.9 Å².